The Hall–Kier alpha value is -3.57. The Bertz CT molecular complexity index is 1200. The highest BCUT2D eigenvalue weighted by atomic mass is 19.4. The maximum absolute atomic E-state index is 13.3. The number of pyridine rings is 1. The molecule has 0 spiro atoms. The monoisotopic (exact) mass is 473 g/mol. The lowest BCUT2D eigenvalue weighted by atomic mass is 10.0. The number of hydrogen-bond donors (Lipinski definition) is 1. The molecule has 2 aromatic heterocycles. The second-order valence-electron chi connectivity index (χ2n) is 7.44. The molecular weight excluding hydrogens is 456 g/mol. The highest BCUT2D eigenvalue weighted by Crippen LogP contribution is 2.29. The molecular formula is C21H17F6N3O3. The van der Waals surface area contributed by atoms with Crippen LogP contribution in [0.1, 0.15) is 5.56 Å². The van der Waals surface area contributed by atoms with Gasteiger partial charge in [-0.05, 0) is 42.3 Å². The van der Waals surface area contributed by atoms with E-state index in [1.807, 2.05) is 13.0 Å². The molecule has 176 valence electrons. The van der Waals surface area contributed by atoms with E-state index in [-0.39, 0.29) is 18.3 Å². The van der Waals surface area contributed by atoms with Crippen molar-refractivity contribution in [2.75, 3.05) is 13.1 Å². The lowest BCUT2D eigenvalue weighted by molar-refractivity contribution is -0.192. The van der Waals surface area contributed by atoms with E-state index in [1.54, 1.807) is 29.1 Å². The summed E-state index contributed by atoms with van der Waals surface area (Å²) in [6, 6.07) is 8.18. The molecule has 6 nitrogen and oxygen atoms in total. The van der Waals surface area contributed by atoms with Crippen molar-refractivity contribution in [2.24, 2.45) is 0 Å². The first-order valence-electron chi connectivity index (χ1n) is 9.44. The van der Waals surface area contributed by atoms with Crippen LogP contribution in [0.3, 0.4) is 0 Å². The summed E-state index contributed by atoms with van der Waals surface area (Å²) < 4.78 is 72.7. The maximum atomic E-state index is 13.3. The molecule has 0 unspecified atom stereocenters. The summed E-state index contributed by atoms with van der Waals surface area (Å²) in [6.45, 7) is 0.745. The van der Waals surface area contributed by atoms with E-state index in [2.05, 4.69) is 4.98 Å². The molecule has 1 amide bonds. The molecule has 1 fully saturated rings. The smallest absolute Gasteiger partial charge is 0.475 e. The zero-order valence-corrected chi connectivity index (χ0v) is 17.0. The van der Waals surface area contributed by atoms with Crippen LogP contribution >= 0.6 is 0 Å². The van der Waals surface area contributed by atoms with Crippen molar-refractivity contribution in [3.8, 4) is 11.1 Å². The van der Waals surface area contributed by atoms with Crippen LogP contribution in [0.5, 0.6) is 0 Å². The fourth-order valence-corrected chi connectivity index (χ4v) is 3.23. The Morgan fingerprint density at radius 2 is 1.79 bits per heavy atom. The summed E-state index contributed by atoms with van der Waals surface area (Å²) in [6.07, 6.45) is -1.67. The van der Waals surface area contributed by atoms with E-state index < -0.39 is 31.2 Å². The lowest BCUT2D eigenvalue weighted by Gasteiger charge is -2.38. The Morgan fingerprint density at radius 3 is 2.33 bits per heavy atom. The van der Waals surface area contributed by atoms with Crippen molar-refractivity contribution in [3.63, 3.8) is 0 Å². The van der Waals surface area contributed by atoms with Crippen LogP contribution in [-0.4, -0.2) is 56.6 Å². The van der Waals surface area contributed by atoms with Gasteiger partial charge in [0.1, 0.15) is 12.4 Å². The number of alkyl halides is 5. The second-order valence-corrected chi connectivity index (χ2v) is 7.44. The van der Waals surface area contributed by atoms with Crippen molar-refractivity contribution in [1.82, 2.24) is 14.5 Å². The summed E-state index contributed by atoms with van der Waals surface area (Å²) in [5.74, 6) is -6.19. The average Bonchev–Trinajstić information content (AvgIpc) is 3.07. The minimum atomic E-state index is -5.08. The molecule has 0 radical (unpaired) electrons. The largest absolute Gasteiger partial charge is 0.490 e. The molecule has 3 aromatic rings. The van der Waals surface area contributed by atoms with Crippen molar-refractivity contribution >= 4 is 22.9 Å². The van der Waals surface area contributed by atoms with E-state index in [4.69, 9.17) is 9.90 Å². The first-order chi connectivity index (χ1) is 15.3. The summed E-state index contributed by atoms with van der Waals surface area (Å²) in [4.78, 5) is 26.6. The lowest BCUT2D eigenvalue weighted by Crippen LogP contribution is -2.59. The number of aromatic nitrogens is 2. The number of hydrogen-bond acceptors (Lipinski definition) is 3. The molecule has 1 saturated heterocycles. The van der Waals surface area contributed by atoms with Crippen LogP contribution in [0, 0.1) is 12.7 Å². The Labute approximate surface area is 183 Å². The van der Waals surface area contributed by atoms with Crippen molar-refractivity contribution in [1.29, 1.82) is 0 Å². The molecule has 1 aliphatic rings. The molecule has 0 atom stereocenters. The highest BCUT2D eigenvalue weighted by molar-refractivity contribution is 5.84. The van der Waals surface area contributed by atoms with E-state index in [0.29, 0.717) is 5.52 Å². The van der Waals surface area contributed by atoms with Gasteiger partial charge in [0.2, 0.25) is 5.91 Å². The maximum Gasteiger partial charge on any atom is 0.490 e. The Morgan fingerprint density at radius 1 is 1.15 bits per heavy atom. The van der Waals surface area contributed by atoms with Crippen molar-refractivity contribution in [2.45, 2.75) is 25.6 Å². The highest BCUT2D eigenvalue weighted by Gasteiger charge is 2.46. The van der Waals surface area contributed by atoms with Gasteiger partial charge in [0, 0.05) is 18.0 Å². The number of carboxylic acid groups (broad SMARTS) is 1. The summed E-state index contributed by atoms with van der Waals surface area (Å²) >= 11 is 0. The number of benzene rings is 1. The number of carboxylic acids is 1. The third-order valence-corrected chi connectivity index (χ3v) is 4.86. The van der Waals surface area contributed by atoms with Gasteiger partial charge in [-0.25, -0.2) is 18.0 Å². The fraction of sp³-hybridized carbons (Fsp3) is 0.286. The van der Waals surface area contributed by atoms with Gasteiger partial charge in [0.15, 0.2) is 0 Å². The molecule has 1 aliphatic heterocycles. The number of carbonyl (C=O) groups excluding carboxylic acids is 1. The molecule has 12 heteroatoms. The first kappa shape index (κ1) is 24.1. The molecule has 0 saturated carbocycles. The predicted molar refractivity (Wildman–Crippen MR) is 105 cm³/mol. The van der Waals surface area contributed by atoms with Crippen LogP contribution in [0.15, 0.2) is 42.7 Å². The number of halogens is 6. The van der Waals surface area contributed by atoms with Gasteiger partial charge in [-0.3, -0.25) is 9.78 Å². The van der Waals surface area contributed by atoms with Gasteiger partial charge in [-0.2, -0.15) is 13.2 Å². The Kier molecular flexibility index (Phi) is 6.39. The number of aryl methyl sites for hydroxylation is 1. The summed E-state index contributed by atoms with van der Waals surface area (Å²) in [5, 5.41) is 7.12. The summed E-state index contributed by atoms with van der Waals surface area (Å²) in [5.41, 5.74) is 3.87. The molecule has 3 heterocycles. The average molecular weight is 473 g/mol. The van der Waals surface area contributed by atoms with Gasteiger partial charge < -0.3 is 14.6 Å². The number of nitrogens with zero attached hydrogens (tertiary/aromatic N) is 3. The van der Waals surface area contributed by atoms with Gasteiger partial charge in [0.25, 0.3) is 5.92 Å². The molecule has 4 rings (SSSR count). The third-order valence-electron chi connectivity index (χ3n) is 4.86. The van der Waals surface area contributed by atoms with Crippen LogP contribution in [0.4, 0.5) is 26.3 Å². The summed E-state index contributed by atoms with van der Waals surface area (Å²) in [7, 11) is 0. The molecule has 1 aromatic carbocycles. The van der Waals surface area contributed by atoms with E-state index in [1.165, 1.54) is 12.1 Å². The molecule has 1 N–H and O–H groups in total. The zero-order chi connectivity index (χ0) is 24.6. The predicted octanol–water partition coefficient (Wildman–Crippen LogP) is 4.26. The van der Waals surface area contributed by atoms with Crippen molar-refractivity contribution in [3.05, 3.63) is 54.1 Å². The van der Waals surface area contributed by atoms with Crippen LogP contribution in [-0.2, 0) is 16.1 Å². The third kappa shape index (κ3) is 5.62. The number of fused-ring (bicyclic) bond motifs is 1. The van der Waals surface area contributed by atoms with E-state index in [0.717, 1.165) is 27.1 Å². The molecule has 0 bridgehead atoms. The number of rotatable bonds is 3. The number of aliphatic carboxylic acids is 1. The second kappa shape index (κ2) is 8.75. The van der Waals surface area contributed by atoms with E-state index >= 15 is 0 Å². The zero-order valence-electron chi connectivity index (χ0n) is 17.0. The molecule has 33 heavy (non-hydrogen) atoms. The normalized spacial score (nSPS) is 14.9. The fourth-order valence-electron chi connectivity index (χ4n) is 3.23. The van der Waals surface area contributed by atoms with E-state index in [9.17, 15) is 31.1 Å². The van der Waals surface area contributed by atoms with Gasteiger partial charge in [-0.15, -0.1) is 0 Å². The number of amides is 1. The minimum absolute atomic E-state index is 0.0207. The van der Waals surface area contributed by atoms with Gasteiger partial charge in [-0.1, -0.05) is 6.07 Å². The standard InChI is InChI=1S/C19H16F3N3O.C2HF3O2/c1-12-6-14(20)2-3-15(12)13-7-17-16(23-8-13)4-5-24(17)9-18(26)25-10-19(21,22)11-25;3-2(4,5)1(6)7/h2-8H,9-11H2,1H3;(H,6,7). The number of likely N-dealkylation sites (tertiary alicyclic amines) is 1. The topological polar surface area (TPSA) is 75.4 Å². The van der Waals surface area contributed by atoms with Crippen LogP contribution < -0.4 is 0 Å². The minimum Gasteiger partial charge on any atom is -0.475 e. The number of carbonyl (C=O) groups is 2. The first-order valence-corrected chi connectivity index (χ1v) is 9.44. The van der Waals surface area contributed by atoms with Gasteiger partial charge >= 0.3 is 12.1 Å². The SMILES string of the molecule is Cc1cc(F)ccc1-c1cnc2ccn(CC(=O)N3CC(F)(F)C3)c2c1.O=C(O)C(F)(F)F. The molecule has 0 aliphatic carbocycles. The van der Waals surface area contributed by atoms with Crippen molar-refractivity contribution < 1.29 is 41.0 Å². The van der Waals surface area contributed by atoms with Crippen LogP contribution in [0.2, 0.25) is 0 Å². The van der Waals surface area contributed by atoms with Crippen LogP contribution in [0.25, 0.3) is 22.2 Å². The van der Waals surface area contributed by atoms with Gasteiger partial charge in [0.05, 0.1) is 24.1 Å². The quantitative estimate of drug-likeness (QED) is 0.577. The Balaban J connectivity index is 0.000000383.